The topological polar surface area (TPSA) is 21.3 Å². The molecule has 0 aliphatic carbocycles. The van der Waals surface area contributed by atoms with Gasteiger partial charge in [-0.05, 0) is 50.7 Å². The summed E-state index contributed by atoms with van der Waals surface area (Å²) in [5.41, 5.74) is 1.80. The molecule has 1 aromatic heterocycles. The van der Waals surface area contributed by atoms with Crippen molar-refractivity contribution in [3.63, 3.8) is 0 Å². The number of aryl methyl sites for hydroxylation is 2. The number of benzene rings is 1. The van der Waals surface area contributed by atoms with Crippen LogP contribution in [0.3, 0.4) is 0 Å². The van der Waals surface area contributed by atoms with Gasteiger partial charge in [-0.2, -0.15) is 0 Å². The zero-order valence-electron chi connectivity index (χ0n) is 11.4. The Kier molecular flexibility index (Phi) is 4.56. The number of halogens is 1. The van der Waals surface area contributed by atoms with Crippen LogP contribution in [0.1, 0.15) is 20.9 Å². The molecule has 0 bridgehead atoms. The summed E-state index contributed by atoms with van der Waals surface area (Å²) >= 11 is 1.78. The van der Waals surface area contributed by atoms with Crippen molar-refractivity contribution < 1.29 is 9.13 Å². The smallest absolute Gasteiger partial charge is 0.126 e. The van der Waals surface area contributed by atoms with Crippen LogP contribution in [0, 0.1) is 19.7 Å². The summed E-state index contributed by atoms with van der Waals surface area (Å²) in [5.74, 6) is 0.509. The summed E-state index contributed by atoms with van der Waals surface area (Å²) in [6.07, 6.45) is 0. The van der Waals surface area contributed by atoms with E-state index in [2.05, 4.69) is 18.3 Å². The Bertz CT molecular complexity index is 565. The average Bonchev–Trinajstić information content (AvgIpc) is 2.72. The van der Waals surface area contributed by atoms with Crippen molar-refractivity contribution in [2.24, 2.45) is 0 Å². The highest BCUT2D eigenvalue weighted by Crippen LogP contribution is 2.24. The molecule has 1 aromatic carbocycles. The van der Waals surface area contributed by atoms with Crippen LogP contribution in [0.4, 0.5) is 4.39 Å². The highest BCUT2D eigenvalue weighted by atomic mass is 32.1. The molecule has 2 aromatic rings. The zero-order chi connectivity index (χ0) is 13.8. The SMILES string of the molecule is CNCc1cc(COc2ccc(F)c(C)c2)c(C)s1. The molecule has 0 aliphatic heterocycles. The monoisotopic (exact) mass is 279 g/mol. The van der Waals surface area contributed by atoms with Gasteiger partial charge in [0.15, 0.2) is 0 Å². The van der Waals surface area contributed by atoms with Gasteiger partial charge in [0.05, 0.1) is 0 Å². The lowest BCUT2D eigenvalue weighted by atomic mass is 10.2. The lowest BCUT2D eigenvalue weighted by molar-refractivity contribution is 0.305. The molecule has 0 spiro atoms. The minimum Gasteiger partial charge on any atom is -0.489 e. The van der Waals surface area contributed by atoms with E-state index in [0.717, 1.165) is 6.54 Å². The highest BCUT2D eigenvalue weighted by molar-refractivity contribution is 7.12. The first-order valence-corrected chi connectivity index (χ1v) is 7.03. The first kappa shape index (κ1) is 14.0. The quantitative estimate of drug-likeness (QED) is 0.899. The van der Waals surface area contributed by atoms with E-state index in [4.69, 9.17) is 4.74 Å². The number of hydrogen-bond donors (Lipinski definition) is 1. The van der Waals surface area contributed by atoms with E-state index >= 15 is 0 Å². The second-order valence-corrected chi connectivity index (χ2v) is 5.87. The van der Waals surface area contributed by atoms with Crippen molar-refractivity contribution in [1.29, 1.82) is 0 Å². The minimum atomic E-state index is -0.199. The number of hydrogen-bond acceptors (Lipinski definition) is 3. The summed E-state index contributed by atoms with van der Waals surface area (Å²) in [6, 6.07) is 6.99. The molecule has 0 saturated heterocycles. The normalized spacial score (nSPS) is 10.7. The first-order valence-electron chi connectivity index (χ1n) is 6.22. The van der Waals surface area contributed by atoms with Crippen molar-refractivity contribution in [3.8, 4) is 5.75 Å². The molecule has 0 radical (unpaired) electrons. The van der Waals surface area contributed by atoms with Crippen LogP contribution in [-0.4, -0.2) is 7.05 Å². The standard InChI is InChI=1S/C15H18FNOS/c1-10-6-13(4-5-15(10)16)18-9-12-7-14(8-17-3)19-11(12)2/h4-7,17H,8-9H2,1-3H3. The molecule has 0 atom stereocenters. The van der Waals surface area contributed by atoms with Crippen LogP contribution >= 0.6 is 11.3 Å². The van der Waals surface area contributed by atoms with Crippen molar-refractivity contribution in [2.75, 3.05) is 7.05 Å². The molecule has 1 N–H and O–H groups in total. The number of rotatable bonds is 5. The molecular weight excluding hydrogens is 261 g/mol. The lowest BCUT2D eigenvalue weighted by Crippen LogP contribution is -2.02. The van der Waals surface area contributed by atoms with Crippen molar-refractivity contribution in [3.05, 3.63) is 51.0 Å². The predicted octanol–water partition coefficient (Wildman–Crippen LogP) is 3.80. The van der Waals surface area contributed by atoms with Crippen molar-refractivity contribution >= 4 is 11.3 Å². The average molecular weight is 279 g/mol. The van der Waals surface area contributed by atoms with Gasteiger partial charge in [0.25, 0.3) is 0 Å². The van der Waals surface area contributed by atoms with E-state index in [-0.39, 0.29) is 5.82 Å². The largest absolute Gasteiger partial charge is 0.489 e. The lowest BCUT2D eigenvalue weighted by Gasteiger charge is -2.07. The van der Waals surface area contributed by atoms with Crippen LogP contribution in [0.2, 0.25) is 0 Å². The summed E-state index contributed by atoms with van der Waals surface area (Å²) in [4.78, 5) is 2.57. The molecule has 2 nitrogen and oxygen atoms in total. The van der Waals surface area contributed by atoms with Gasteiger partial charge in [-0.3, -0.25) is 0 Å². The van der Waals surface area contributed by atoms with Gasteiger partial charge in [-0.15, -0.1) is 11.3 Å². The summed E-state index contributed by atoms with van der Waals surface area (Å²) in [6.45, 7) is 5.24. The highest BCUT2D eigenvalue weighted by Gasteiger charge is 2.06. The molecule has 0 saturated carbocycles. The van der Waals surface area contributed by atoms with Gasteiger partial charge in [0.2, 0.25) is 0 Å². The van der Waals surface area contributed by atoms with Crippen LogP contribution in [0.25, 0.3) is 0 Å². The van der Waals surface area contributed by atoms with E-state index < -0.39 is 0 Å². The van der Waals surface area contributed by atoms with E-state index in [1.54, 1.807) is 30.4 Å². The molecule has 4 heteroatoms. The number of ether oxygens (including phenoxy) is 1. The Labute approximate surface area is 117 Å². The Morgan fingerprint density at radius 1 is 1.26 bits per heavy atom. The van der Waals surface area contributed by atoms with Crippen LogP contribution < -0.4 is 10.1 Å². The third-order valence-electron chi connectivity index (χ3n) is 2.95. The Morgan fingerprint density at radius 2 is 2.05 bits per heavy atom. The number of thiophene rings is 1. The molecule has 0 aliphatic rings. The zero-order valence-corrected chi connectivity index (χ0v) is 12.2. The Morgan fingerprint density at radius 3 is 2.74 bits per heavy atom. The summed E-state index contributed by atoms with van der Waals surface area (Å²) in [7, 11) is 1.94. The summed E-state index contributed by atoms with van der Waals surface area (Å²) < 4.78 is 18.9. The fraction of sp³-hybridized carbons (Fsp3) is 0.333. The van der Waals surface area contributed by atoms with E-state index in [1.165, 1.54) is 21.4 Å². The summed E-state index contributed by atoms with van der Waals surface area (Å²) in [5, 5.41) is 3.14. The van der Waals surface area contributed by atoms with Crippen molar-refractivity contribution in [2.45, 2.75) is 27.0 Å². The molecule has 102 valence electrons. The van der Waals surface area contributed by atoms with Crippen LogP contribution in [0.15, 0.2) is 24.3 Å². The molecule has 0 amide bonds. The number of nitrogens with one attached hydrogen (secondary N) is 1. The molecule has 0 unspecified atom stereocenters. The molecule has 2 rings (SSSR count). The third kappa shape index (κ3) is 3.55. The third-order valence-corrected chi connectivity index (χ3v) is 4.04. The first-order chi connectivity index (χ1) is 9.10. The molecule has 0 fully saturated rings. The molecule has 19 heavy (non-hydrogen) atoms. The van der Waals surface area contributed by atoms with Crippen LogP contribution in [0.5, 0.6) is 5.75 Å². The minimum absolute atomic E-state index is 0.199. The van der Waals surface area contributed by atoms with Gasteiger partial charge in [0, 0.05) is 21.9 Å². The van der Waals surface area contributed by atoms with Gasteiger partial charge >= 0.3 is 0 Å². The van der Waals surface area contributed by atoms with Gasteiger partial charge < -0.3 is 10.1 Å². The molecular formula is C15H18FNOS. The fourth-order valence-corrected chi connectivity index (χ4v) is 2.92. The van der Waals surface area contributed by atoms with E-state index in [0.29, 0.717) is 17.9 Å². The van der Waals surface area contributed by atoms with Crippen LogP contribution in [-0.2, 0) is 13.2 Å². The Balaban J connectivity index is 2.03. The molecule has 1 heterocycles. The predicted molar refractivity (Wildman–Crippen MR) is 77.3 cm³/mol. The van der Waals surface area contributed by atoms with E-state index in [9.17, 15) is 4.39 Å². The maximum absolute atomic E-state index is 13.2. The second kappa shape index (κ2) is 6.17. The fourth-order valence-electron chi connectivity index (χ4n) is 1.86. The Hall–Kier alpha value is -1.39. The van der Waals surface area contributed by atoms with Gasteiger partial charge in [-0.1, -0.05) is 0 Å². The maximum atomic E-state index is 13.2. The van der Waals surface area contributed by atoms with Crippen molar-refractivity contribution in [1.82, 2.24) is 5.32 Å². The maximum Gasteiger partial charge on any atom is 0.126 e. The van der Waals surface area contributed by atoms with Gasteiger partial charge in [-0.25, -0.2) is 4.39 Å². The second-order valence-electron chi connectivity index (χ2n) is 4.52. The van der Waals surface area contributed by atoms with E-state index in [1.807, 2.05) is 7.05 Å². The van der Waals surface area contributed by atoms with Gasteiger partial charge in [0.1, 0.15) is 18.2 Å².